The predicted octanol–water partition coefficient (Wildman–Crippen LogP) is 3.06. The van der Waals surface area contributed by atoms with Gasteiger partial charge in [0.1, 0.15) is 0 Å². The monoisotopic (exact) mass is 408 g/mol. The number of cyclic esters (lactones) is 1. The molecule has 0 unspecified atom stereocenters. The zero-order valence-electron chi connectivity index (χ0n) is 13.3. The van der Waals surface area contributed by atoms with Gasteiger partial charge in [-0.1, -0.05) is 41.4 Å². The number of hydrogen-bond acceptors (Lipinski definition) is 6. The number of nitrogens with zero attached hydrogens (tertiary/aromatic N) is 1. The molecular formula is C17H10Cl2N2O6. The van der Waals surface area contributed by atoms with Crippen LogP contribution in [0.25, 0.3) is 0 Å². The Labute approximate surface area is 162 Å². The summed E-state index contributed by atoms with van der Waals surface area (Å²) in [5.74, 6) is -3.39. The Hall–Kier alpha value is -2.97. The highest BCUT2D eigenvalue weighted by atomic mass is 35.5. The van der Waals surface area contributed by atoms with Crippen LogP contribution in [-0.2, 0) is 14.3 Å². The minimum Gasteiger partial charge on any atom is -0.446 e. The lowest BCUT2D eigenvalue weighted by atomic mass is 9.97. The summed E-state index contributed by atoms with van der Waals surface area (Å²) in [6.45, 7) is 0. The Balaban J connectivity index is 1.86. The molecule has 0 bridgehead atoms. The highest BCUT2D eigenvalue weighted by Crippen LogP contribution is 2.34. The molecule has 1 aliphatic heterocycles. The van der Waals surface area contributed by atoms with Crippen LogP contribution >= 0.6 is 23.2 Å². The molecule has 138 valence electrons. The largest absolute Gasteiger partial charge is 0.446 e. The second-order valence-electron chi connectivity index (χ2n) is 5.59. The van der Waals surface area contributed by atoms with Crippen molar-refractivity contribution in [2.75, 3.05) is 5.32 Å². The molecule has 0 spiro atoms. The minimum atomic E-state index is -2.08. The molecule has 2 aromatic carbocycles. The number of amides is 1. The van der Waals surface area contributed by atoms with Gasteiger partial charge in [0.15, 0.2) is 0 Å². The number of esters is 1. The fourth-order valence-electron chi connectivity index (χ4n) is 2.65. The molecule has 0 aliphatic carbocycles. The maximum atomic E-state index is 12.4. The van der Waals surface area contributed by atoms with Gasteiger partial charge in [0, 0.05) is 16.2 Å². The fourth-order valence-corrected chi connectivity index (χ4v) is 2.95. The van der Waals surface area contributed by atoms with E-state index in [1.165, 1.54) is 30.3 Å². The molecule has 1 N–H and O–H groups in total. The molecule has 0 saturated carbocycles. The lowest BCUT2D eigenvalue weighted by Crippen LogP contribution is -2.42. The predicted molar refractivity (Wildman–Crippen MR) is 95.5 cm³/mol. The molecule has 0 aromatic heterocycles. The van der Waals surface area contributed by atoms with E-state index in [0.29, 0.717) is 0 Å². The number of nitrogens with one attached hydrogen (secondary N) is 1. The number of Topliss-reactive ketones (excluding diaryl/α,β-unsaturated/α-hetero) is 1. The molecule has 2 atom stereocenters. The van der Waals surface area contributed by atoms with Crippen molar-refractivity contribution in [2.24, 2.45) is 0 Å². The van der Waals surface area contributed by atoms with Crippen LogP contribution in [0.3, 0.4) is 0 Å². The van der Waals surface area contributed by atoms with Crippen molar-refractivity contribution < 1.29 is 24.0 Å². The molecule has 1 amide bonds. The van der Waals surface area contributed by atoms with E-state index in [2.05, 4.69) is 5.32 Å². The molecule has 0 fully saturated rings. The summed E-state index contributed by atoms with van der Waals surface area (Å²) < 4.78 is 4.99. The van der Waals surface area contributed by atoms with Gasteiger partial charge < -0.3 is 10.1 Å². The first-order chi connectivity index (χ1) is 12.8. The van der Waals surface area contributed by atoms with Crippen LogP contribution in [0.15, 0.2) is 42.5 Å². The van der Waals surface area contributed by atoms with Crippen molar-refractivity contribution in [3.63, 3.8) is 0 Å². The van der Waals surface area contributed by atoms with Gasteiger partial charge in [0.05, 0.1) is 15.6 Å². The van der Waals surface area contributed by atoms with Gasteiger partial charge in [-0.25, -0.2) is 4.79 Å². The Kier molecular flexibility index (Phi) is 5.11. The summed E-state index contributed by atoms with van der Waals surface area (Å²) in [6, 6.07) is 7.95. The smallest absolute Gasteiger partial charge is 0.339 e. The quantitative estimate of drug-likeness (QED) is 0.351. The number of carbonyl (C=O) groups is 3. The van der Waals surface area contributed by atoms with Crippen molar-refractivity contribution >= 4 is 46.5 Å². The number of hydrogen-bond donors (Lipinski definition) is 1. The molecule has 1 aliphatic rings. The average molecular weight is 409 g/mol. The third-order valence-corrected chi connectivity index (χ3v) is 4.64. The minimum absolute atomic E-state index is 0.118. The summed E-state index contributed by atoms with van der Waals surface area (Å²) in [5, 5.41) is 14.1. The summed E-state index contributed by atoms with van der Waals surface area (Å²) in [5.41, 5.74) is 0.431. The fraction of sp³-hybridized carbons (Fsp3) is 0.118. The van der Waals surface area contributed by atoms with Gasteiger partial charge in [0.2, 0.25) is 6.10 Å². The van der Waals surface area contributed by atoms with E-state index < -0.39 is 34.7 Å². The zero-order chi connectivity index (χ0) is 19.7. The summed E-state index contributed by atoms with van der Waals surface area (Å²) in [7, 11) is 0. The van der Waals surface area contributed by atoms with Gasteiger partial charge in [-0.15, -0.1) is 0 Å². The molecule has 2 aromatic rings. The number of ketones is 1. The molecule has 1 heterocycles. The lowest BCUT2D eigenvalue weighted by Gasteiger charge is -2.15. The van der Waals surface area contributed by atoms with Crippen LogP contribution in [0.2, 0.25) is 10.0 Å². The van der Waals surface area contributed by atoms with Crippen LogP contribution in [0.1, 0.15) is 22.0 Å². The lowest BCUT2D eigenvalue weighted by molar-refractivity contribution is -0.518. The molecule has 10 heteroatoms. The Bertz CT molecular complexity index is 978. The SMILES string of the molecule is O=C(Nc1ccc(Cl)c(Cl)c1)C(=O)[C@@H]([C@@H]1OC(=O)c2ccccc21)[N+](=O)[O-]. The van der Waals surface area contributed by atoms with E-state index in [1.807, 2.05) is 0 Å². The third-order valence-electron chi connectivity index (χ3n) is 3.91. The molecular weight excluding hydrogens is 399 g/mol. The van der Waals surface area contributed by atoms with Crippen molar-refractivity contribution in [3.05, 3.63) is 73.8 Å². The normalized spacial score (nSPS) is 16.2. The third kappa shape index (κ3) is 3.62. The molecule has 27 heavy (non-hydrogen) atoms. The number of fused-ring (bicyclic) bond motifs is 1. The molecule has 3 rings (SSSR count). The van der Waals surface area contributed by atoms with Gasteiger partial charge >= 0.3 is 12.0 Å². The van der Waals surface area contributed by atoms with Crippen molar-refractivity contribution in [3.8, 4) is 0 Å². The van der Waals surface area contributed by atoms with Gasteiger partial charge in [-0.3, -0.25) is 19.7 Å². The Morgan fingerprint density at radius 2 is 1.85 bits per heavy atom. The molecule has 0 radical (unpaired) electrons. The highest BCUT2D eigenvalue weighted by Gasteiger charge is 2.49. The Morgan fingerprint density at radius 3 is 2.52 bits per heavy atom. The topological polar surface area (TPSA) is 116 Å². The second kappa shape index (κ2) is 7.34. The highest BCUT2D eigenvalue weighted by molar-refractivity contribution is 6.43. The standard InChI is InChI=1S/C17H10Cl2N2O6/c18-11-6-5-8(7-12(11)19)20-16(23)14(22)13(21(25)26)15-9-3-1-2-4-10(9)17(24)27-15/h1-7,13,15H,(H,20,23)/t13-,15+/m0/s1. The summed E-state index contributed by atoms with van der Waals surface area (Å²) in [4.78, 5) is 47.1. The van der Waals surface area contributed by atoms with Crippen LogP contribution in [0.5, 0.6) is 0 Å². The zero-order valence-corrected chi connectivity index (χ0v) is 14.9. The maximum Gasteiger partial charge on any atom is 0.339 e. The first kappa shape index (κ1) is 18.8. The van der Waals surface area contributed by atoms with Crippen LogP contribution in [-0.4, -0.2) is 28.6 Å². The number of halogens is 2. The maximum absolute atomic E-state index is 12.4. The van der Waals surface area contributed by atoms with Gasteiger partial charge in [0.25, 0.3) is 11.7 Å². The van der Waals surface area contributed by atoms with E-state index in [4.69, 9.17) is 27.9 Å². The number of nitro groups is 1. The molecule has 8 nitrogen and oxygen atoms in total. The summed E-state index contributed by atoms with van der Waals surface area (Å²) in [6.07, 6.45) is -1.49. The Morgan fingerprint density at radius 1 is 1.15 bits per heavy atom. The van der Waals surface area contributed by atoms with E-state index in [1.54, 1.807) is 12.1 Å². The van der Waals surface area contributed by atoms with Crippen LogP contribution in [0, 0.1) is 10.1 Å². The average Bonchev–Trinajstić information content (AvgIpc) is 2.95. The number of anilines is 1. The number of ether oxygens (including phenoxy) is 1. The first-order valence-electron chi connectivity index (χ1n) is 7.53. The van der Waals surface area contributed by atoms with Gasteiger partial charge in [-0.2, -0.15) is 0 Å². The number of rotatable bonds is 5. The van der Waals surface area contributed by atoms with E-state index in [-0.39, 0.29) is 26.9 Å². The van der Waals surface area contributed by atoms with E-state index in [0.717, 1.165) is 0 Å². The number of benzene rings is 2. The number of carbonyl (C=O) groups excluding carboxylic acids is 3. The van der Waals surface area contributed by atoms with E-state index >= 15 is 0 Å². The van der Waals surface area contributed by atoms with Crippen LogP contribution in [0.4, 0.5) is 5.69 Å². The van der Waals surface area contributed by atoms with Crippen LogP contribution < -0.4 is 5.32 Å². The van der Waals surface area contributed by atoms with Crippen molar-refractivity contribution in [1.29, 1.82) is 0 Å². The van der Waals surface area contributed by atoms with Crippen molar-refractivity contribution in [1.82, 2.24) is 0 Å². The van der Waals surface area contributed by atoms with Gasteiger partial charge in [-0.05, 0) is 24.3 Å². The first-order valence-corrected chi connectivity index (χ1v) is 8.29. The van der Waals surface area contributed by atoms with Crippen molar-refractivity contribution in [2.45, 2.75) is 12.1 Å². The van der Waals surface area contributed by atoms with E-state index in [9.17, 15) is 24.5 Å². The summed E-state index contributed by atoms with van der Waals surface area (Å²) >= 11 is 11.6. The second-order valence-corrected chi connectivity index (χ2v) is 6.41. The molecule has 0 saturated heterocycles.